The molecule has 0 atom stereocenters. The van der Waals surface area contributed by atoms with Gasteiger partial charge in [0.1, 0.15) is 11.6 Å². The lowest BCUT2D eigenvalue weighted by Gasteiger charge is -2.06. The molecule has 1 aromatic carbocycles. The van der Waals surface area contributed by atoms with E-state index in [1.807, 2.05) is 24.3 Å². The van der Waals surface area contributed by atoms with Crippen LogP contribution in [0.25, 0.3) is 5.69 Å². The van der Waals surface area contributed by atoms with E-state index in [2.05, 4.69) is 5.10 Å². The van der Waals surface area contributed by atoms with Crippen LogP contribution in [0.2, 0.25) is 0 Å². The molecule has 0 aliphatic carbocycles. The number of nitrogens with two attached hydrogens (primary N) is 3. The summed E-state index contributed by atoms with van der Waals surface area (Å²) in [4.78, 5) is 0. The van der Waals surface area contributed by atoms with Crippen molar-refractivity contribution in [2.45, 2.75) is 6.54 Å². The minimum atomic E-state index is 0.266. The van der Waals surface area contributed by atoms with E-state index in [0.717, 1.165) is 11.4 Å². The predicted molar refractivity (Wildman–Crippen MR) is 66.8 cm³/mol. The van der Waals surface area contributed by atoms with Gasteiger partial charge in [-0.15, -0.1) is 5.10 Å². The van der Waals surface area contributed by atoms with E-state index in [0.29, 0.717) is 17.2 Å². The van der Waals surface area contributed by atoms with Gasteiger partial charge in [-0.3, -0.25) is 0 Å². The quantitative estimate of drug-likeness (QED) is 0.716. The Balaban J connectivity index is 2.52. The van der Waals surface area contributed by atoms with E-state index >= 15 is 0 Å². The van der Waals surface area contributed by atoms with Crippen molar-refractivity contribution < 1.29 is 4.74 Å². The van der Waals surface area contributed by atoms with Crippen LogP contribution in [0.5, 0.6) is 5.75 Å². The average molecular weight is 233 g/mol. The molecule has 17 heavy (non-hydrogen) atoms. The largest absolute Gasteiger partial charge is 0.497 e. The third-order valence-electron chi connectivity index (χ3n) is 2.56. The number of nitrogens with zero attached hydrogens (tertiary/aromatic N) is 2. The molecule has 0 radical (unpaired) electrons. The molecule has 0 unspecified atom stereocenters. The summed E-state index contributed by atoms with van der Waals surface area (Å²) in [5, 5.41) is 4.16. The first-order valence-electron chi connectivity index (χ1n) is 5.14. The van der Waals surface area contributed by atoms with Gasteiger partial charge in [-0.1, -0.05) is 6.07 Å². The Morgan fingerprint density at radius 3 is 2.71 bits per heavy atom. The van der Waals surface area contributed by atoms with Gasteiger partial charge in [-0.25, -0.2) is 4.68 Å². The summed E-state index contributed by atoms with van der Waals surface area (Å²) in [6, 6.07) is 7.39. The highest BCUT2D eigenvalue weighted by Gasteiger charge is 2.13. The van der Waals surface area contributed by atoms with E-state index in [9.17, 15) is 0 Å². The van der Waals surface area contributed by atoms with Crippen molar-refractivity contribution in [3.63, 3.8) is 0 Å². The Kier molecular flexibility index (Phi) is 2.88. The van der Waals surface area contributed by atoms with Crippen LogP contribution in [-0.2, 0) is 6.54 Å². The summed E-state index contributed by atoms with van der Waals surface area (Å²) >= 11 is 0. The van der Waals surface area contributed by atoms with E-state index in [4.69, 9.17) is 21.9 Å². The van der Waals surface area contributed by atoms with Gasteiger partial charge in [0, 0.05) is 12.6 Å². The first-order chi connectivity index (χ1) is 8.17. The lowest BCUT2D eigenvalue weighted by molar-refractivity contribution is 0.414. The number of rotatable bonds is 3. The third kappa shape index (κ3) is 1.90. The normalized spacial score (nSPS) is 10.5. The number of aromatic nitrogens is 2. The highest BCUT2D eigenvalue weighted by Crippen LogP contribution is 2.24. The van der Waals surface area contributed by atoms with Crippen LogP contribution < -0.4 is 21.9 Å². The van der Waals surface area contributed by atoms with Gasteiger partial charge < -0.3 is 21.9 Å². The van der Waals surface area contributed by atoms with Gasteiger partial charge in [-0.2, -0.15) is 0 Å². The van der Waals surface area contributed by atoms with Gasteiger partial charge in [0.25, 0.3) is 0 Å². The number of hydrogen-bond donors (Lipinski definition) is 3. The Morgan fingerprint density at radius 1 is 1.35 bits per heavy atom. The SMILES string of the molecule is COc1cccc(-n2nc(N)c(CN)c2N)c1. The van der Waals surface area contributed by atoms with Crippen LogP contribution in [0.4, 0.5) is 11.6 Å². The molecule has 0 bridgehead atoms. The molecular weight excluding hydrogens is 218 g/mol. The lowest BCUT2D eigenvalue weighted by atomic mass is 10.3. The molecule has 6 N–H and O–H groups in total. The van der Waals surface area contributed by atoms with Crippen molar-refractivity contribution in [2.24, 2.45) is 5.73 Å². The molecule has 0 spiro atoms. The van der Waals surface area contributed by atoms with Crippen molar-refractivity contribution in [3.8, 4) is 11.4 Å². The van der Waals surface area contributed by atoms with Crippen molar-refractivity contribution >= 4 is 11.6 Å². The van der Waals surface area contributed by atoms with E-state index < -0.39 is 0 Å². The van der Waals surface area contributed by atoms with Gasteiger partial charge in [-0.05, 0) is 12.1 Å². The molecule has 0 saturated heterocycles. The molecule has 0 amide bonds. The first kappa shape index (κ1) is 11.3. The number of methoxy groups -OCH3 is 1. The fraction of sp³-hybridized carbons (Fsp3) is 0.182. The maximum atomic E-state index is 5.94. The molecule has 6 nitrogen and oxygen atoms in total. The second kappa shape index (κ2) is 4.34. The van der Waals surface area contributed by atoms with Crippen LogP contribution in [0, 0.1) is 0 Å². The smallest absolute Gasteiger partial charge is 0.152 e. The predicted octanol–water partition coefficient (Wildman–Crippen LogP) is 0.504. The number of anilines is 2. The monoisotopic (exact) mass is 233 g/mol. The zero-order valence-corrected chi connectivity index (χ0v) is 9.55. The molecule has 0 aliphatic heterocycles. The van der Waals surface area contributed by atoms with E-state index in [-0.39, 0.29) is 6.54 Å². The number of benzene rings is 1. The van der Waals surface area contributed by atoms with Crippen LogP contribution in [0.3, 0.4) is 0 Å². The Bertz CT molecular complexity index is 535. The second-order valence-corrected chi connectivity index (χ2v) is 3.57. The minimum absolute atomic E-state index is 0.266. The summed E-state index contributed by atoms with van der Waals surface area (Å²) in [5.74, 6) is 1.54. The standard InChI is InChI=1S/C11H15N5O/c1-17-8-4-2-3-7(5-8)16-11(14)9(6-12)10(13)15-16/h2-5H,6,12,14H2,1H3,(H2,13,15). The first-order valence-corrected chi connectivity index (χ1v) is 5.14. The van der Waals surface area contributed by atoms with Crippen LogP contribution in [0.1, 0.15) is 5.56 Å². The zero-order valence-electron chi connectivity index (χ0n) is 9.55. The number of nitrogen functional groups attached to an aromatic ring is 2. The van der Waals surface area contributed by atoms with E-state index in [1.54, 1.807) is 11.8 Å². The minimum Gasteiger partial charge on any atom is -0.497 e. The number of hydrogen-bond acceptors (Lipinski definition) is 5. The van der Waals surface area contributed by atoms with Crippen LogP contribution >= 0.6 is 0 Å². The molecular formula is C11H15N5O. The molecule has 0 fully saturated rings. The van der Waals surface area contributed by atoms with Crippen LogP contribution in [0.15, 0.2) is 24.3 Å². The number of ether oxygens (including phenoxy) is 1. The maximum Gasteiger partial charge on any atom is 0.152 e. The van der Waals surface area contributed by atoms with Crippen molar-refractivity contribution in [1.29, 1.82) is 0 Å². The van der Waals surface area contributed by atoms with Gasteiger partial charge in [0.15, 0.2) is 5.82 Å². The third-order valence-corrected chi connectivity index (χ3v) is 2.56. The average Bonchev–Trinajstić information content (AvgIpc) is 2.64. The van der Waals surface area contributed by atoms with Gasteiger partial charge >= 0.3 is 0 Å². The Morgan fingerprint density at radius 2 is 2.12 bits per heavy atom. The lowest BCUT2D eigenvalue weighted by Crippen LogP contribution is -2.05. The van der Waals surface area contributed by atoms with Crippen molar-refractivity contribution in [2.75, 3.05) is 18.6 Å². The fourth-order valence-corrected chi connectivity index (χ4v) is 1.63. The second-order valence-electron chi connectivity index (χ2n) is 3.57. The van der Waals surface area contributed by atoms with E-state index in [1.165, 1.54) is 0 Å². The van der Waals surface area contributed by atoms with Gasteiger partial charge in [0.05, 0.1) is 18.4 Å². The summed E-state index contributed by atoms with van der Waals surface area (Å²) in [6.07, 6.45) is 0. The Labute approximate surface area is 99.0 Å². The van der Waals surface area contributed by atoms with Crippen molar-refractivity contribution in [1.82, 2.24) is 9.78 Å². The summed E-state index contributed by atoms with van der Waals surface area (Å²) in [7, 11) is 1.60. The zero-order chi connectivity index (χ0) is 12.4. The highest BCUT2D eigenvalue weighted by atomic mass is 16.5. The van der Waals surface area contributed by atoms with Crippen LogP contribution in [-0.4, -0.2) is 16.9 Å². The molecule has 0 saturated carbocycles. The molecule has 2 rings (SSSR count). The topological polar surface area (TPSA) is 105 Å². The molecule has 0 aliphatic rings. The summed E-state index contributed by atoms with van der Waals surface area (Å²) < 4.78 is 6.70. The maximum absolute atomic E-state index is 5.94. The highest BCUT2D eigenvalue weighted by molar-refractivity contribution is 5.58. The Hall–Kier alpha value is -2.21. The molecule has 90 valence electrons. The summed E-state index contributed by atoms with van der Waals surface area (Å²) in [5.41, 5.74) is 18.7. The van der Waals surface area contributed by atoms with Gasteiger partial charge in [0.2, 0.25) is 0 Å². The molecule has 1 aromatic heterocycles. The molecule has 1 heterocycles. The fourth-order valence-electron chi connectivity index (χ4n) is 1.63. The summed E-state index contributed by atoms with van der Waals surface area (Å²) in [6.45, 7) is 0.266. The molecule has 2 aromatic rings. The molecule has 6 heteroatoms. The van der Waals surface area contributed by atoms with Crippen molar-refractivity contribution in [3.05, 3.63) is 29.8 Å².